The number of aromatic nitrogens is 2. The lowest BCUT2D eigenvalue weighted by Crippen LogP contribution is -2.24. The number of hydrogen-bond acceptors (Lipinski definition) is 3. The van der Waals surface area contributed by atoms with Gasteiger partial charge in [0.15, 0.2) is 5.69 Å². The van der Waals surface area contributed by atoms with Gasteiger partial charge in [0.1, 0.15) is 5.75 Å². The molecule has 1 N–H and O–H groups in total. The number of carbonyl (C=O) groups is 1. The summed E-state index contributed by atoms with van der Waals surface area (Å²) in [5.74, 6) is -0.343. The average molecular weight is 307 g/mol. The van der Waals surface area contributed by atoms with Gasteiger partial charge in [-0.05, 0) is 43.5 Å². The third-order valence-corrected chi connectivity index (χ3v) is 3.90. The highest BCUT2D eigenvalue weighted by Crippen LogP contribution is 2.35. The maximum atomic E-state index is 11.0. The second-order valence-electron chi connectivity index (χ2n) is 5.15. The summed E-state index contributed by atoms with van der Waals surface area (Å²) in [6, 6.07) is 6.90. The smallest absolute Gasteiger partial charge is 0.356 e. The lowest BCUT2D eigenvalue weighted by molar-refractivity contribution is 0.0689. The molecule has 21 heavy (non-hydrogen) atoms. The summed E-state index contributed by atoms with van der Waals surface area (Å²) in [6.07, 6.45) is 3.52. The molecule has 5 nitrogen and oxygen atoms in total. The third kappa shape index (κ3) is 2.74. The molecule has 6 heteroatoms. The molecule has 1 aliphatic rings. The molecule has 2 aromatic rings. The largest absolute Gasteiger partial charge is 0.490 e. The molecule has 1 fully saturated rings. The van der Waals surface area contributed by atoms with Gasteiger partial charge in [0, 0.05) is 17.6 Å². The van der Waals surface area contributed by atoms with Crippen molar-refractivity contribution in [3.05, 3.63) is 35.0 Å². The average Bonchev–Trinajstić information content (AvgIpc) is 2.77. The Balaban J connectivity index is 2.03. The first kappa shape index (κ1) is 13.9. The molecule has 0 spiro atoms. The number of hydrogen-bond donors (Lipinski definition) is 1. The first-order valence-electron chi connectivity index (χ1n) is 6.78. The second-order valence-corrected chi connectivity index (χ2v) is 5.59. The predicted molar refractivity (Wildman–Crippen MR) is 78.9 cm³/mol. The SMILES string of the molecule is Cn1nc(C(=O)O)cc1-c1cc(Cl)ccc1OC1CCC1. The summed E-state index contributed by atoms with van der Waals surface area (Å²) in [7, 11) is 1.70. The van der Waals surface area contributed by atoms with E-state index in [1.165, 1.54) is 17.2 Å². The number of aromatic carboxylic acids is 1. The van der Waals surface area contributed by atoms with E-state index in [1.807, 2.05) is 6.07 Å². The highest BCUT2D eigenvalue weighted by atomic mass is 35.5. The molecule has 1 saturated carbocycles. The first-order valence-corrected chi connectivity index (χ1v) is 7.16. The number of nitrogens with zero attached hydrogens (tertiary/aromatic N) is 2. The van der Waals surface area contributed by atoms with E-state index < -0.39 is 5.97 Å². The summed E-state index contributed by atoms with van der Waals surface area (Å²) in [5.41, 5.74) is 1.43. The Labute approximate surface area is 127 Å². The summed E-state index contributed by atoms with van der Waals surface area (Å²) >= 11 is 6.07. The van der Waals surface area contributed by atoms with Crippen LogP contribution in [0.5, 0.6) is 5.75 Å². The number of aryl methyl sites for hydroxylation is 1. The molecule has 0 unspecified atom stereocenters. The van der Waals surface area contributed by atoms with Gasteiger partial charge in [0.05, 0.1) is 11.8 Å². The van der Waals surface area contributed by atoms with E-state index in [9.17, 15) is 4.79 Å². The molecule has 3 rings (SSSR count). The van der Waals surface area contributed by atoms with Crippen molar-refractivity contribution in [3.63, 3.8) is 0 Å². The molecule has 1 aliphatic carbocycles. The van der Waals surface area contributed by atoms with E-state index in [2.05, 4.69) is 5.10 Å². The zero-order valence-corrected chi connectivity index (χ0v) is 12.3. The minimum atomic E-state index is -1.06. The maximum absolute atomic E-state index is 11.0. The van der Waals surface area contributed by atoms with E-state index in [0.717, 1.165) is 18.4 Å². The van der Waals surface area contributed by atoms with Crippen LogP contribution >= 0.6 is 11.6 Å². The molecule has 0 atom stereocenters. The van der Waals surface area contributed by atoms with Gasteiger partial charge >= 0.3 is 5.97 Å². The normalized spacial score (nSPS) is 14.8. The van der Waals surface area contributed by atoms with Gasteiger partial charge in [-0.15, -0.1) is 0 Å². The Morgan fingerprint density at radius 2 is 2.19 bits per heavy atom. The fourth-order valence-electron chi connectivity index (χ4n) is 2.30. The molecule has 0 aliphatic heterocycles. The van der Waals surface area contributed by atoms with E-state index in [-0.39, 0.29) is 11.8 Å². The molecule has 0 bridgehead atoms. The van der Waals surface area contributed by atoms with Crippen LogP contribution in [-0.4, -0.2) is 27.0 Å². The van der Waals surface area contributed by atoms with Gasteiger partial charge in [-0.25, -0.2) is 4.79 Å². The maximum Gasteiger partial charge on any atom is 0.356 e. The van der Waals surface area contributed by atoms with E-state index in [1.54, 1.807) is 19.2 Å². The second kappa shape index (κ2) is 5.41. The zero-order valence-electron chi connectivity index (χ0n) is 11.5. The number of rotatable bonds is 4. The van der Waals surface area contributed by atoms with Crippen LogP contribution in [0.25, 0.3) is 11.3 Å². The van der Waals surface area contributed by atoms with Crippen molar-refractivity contribution < 1.29 is 14.6 Å². The molecular weight excluding hydrogens is 292 g/mol. The quantitative estimate of drug-likeness (QED) is 0.940. The molecule has 1 heterocycles. The number of carboxylic acids is 1. The lowest BCUT2D eigenvalue weighted by Gasteiger charge is -2.27. The molecular formula is C15H15ClN2O3. The third-order valence-electron chi connectivity index (χ3n) is 3.66. The minimum Gasteiger partial charge on any atom is -0.490 e. The van der Waals surface area contributed by atoms with Crippen molar-refractivity contribution in [1.82, 2.24) is 9.78 Å². The lowest BCUT2D eigenvalue weighted by atomic mass is 9.96. The van der Waals surface area contributed by atoms with Crippen LogP contribution in [0.3, 0.4) is 0 Å². The fraction of sp³-hybridized carbons (Fsp3) is 0.333. The van der Waals surface area contributed by atoms with E-state index in [4.69, 9.17) is 21.4 Å². The Bertz CT molecular complexity index is 692. The van der Waals surface area contributed by atoms with Gasteiger partial charge in [0.25, 0.3) is 0 Å². The van der Waals surface area contributed by atoms with Crippen LogP contribution in [0, 0.1) is 0 Å². The van der Waals surface area contributed by atoms with Crippen LogP contribution in [0.1, 0.15) is 29.8 Å². The highest BCUT2D eigenvalue weighted by Gasteiger charge is 2.22. The first-order chi connectivity index (χ1) is 10.0. The number of carboxylic acid groups (broad SMARTS) is 1. The van der Waals surface area contributed by atoms with Crippen LogP contribution in [0.15, 0.2) is 24.3 Å². The molecule has 110 valence electrons. The molecule has 1 aromatic heterocycles. The van der Waals surface area contributed by atoms with Gasteiger partial charge in [0.2, 0.25) is 0 Å². The van der Waals surface area contributed by atoms with Crippen molar-refractivity contribution in [1.29, 1.82) is 0 Å². The van der Waals surface area contributed by atoms with Gasteiger partial charge in [-0.3, -0.25) is 4.68 Å². The van der Waals surface area contributed by atoms with E-state index >= 15 is 0 Å². The standard InChI is InChI=1S/C15H15ClN2O3/c1-18-13(8-12(17-18)15(19)20)11-7-9(16)5-6-14(11)21-10-3-2-4-10/h5-8,10H,2-4H2,1H3,(H,19,20). The van der Waals surface area contributed by atoms with Crippen LogP contribution < -0.4 is 4.74 Å². The highest BCUT2D eigenvalue weighted by molar-refractivity contribution is 6.31. The molecule has 0 radical (unpaired) electrons. The van der Waals surface area contributed by atoms with Crippen molar-refractivity contribution in [2.24, 2.45) is 7.05 Å². The minimum absolute atomic E-state index is 0.00192. The summed E-state index contributed by atoms with van der Waals surface area (Å²) in [4.78, 5) is 11.0. The van der Waals surface area contributed by atoms with Crippen molar-refractivity contribution >= 4 is 17.6 Å². The van der Waals surface area contributed by atoms with Crippen LogP contribution in [0.4, 0.5) is 0 Å². The Hall–Kier alpha value is -2.01. The van der Waals surface area contributed by atoms with E-state index in [0.29, 0.717) is 16.5 Å². The monoisotopic (exact) mass is 306 g/mol. The number of halogens is 1. The Kier molecular flexibility index (Phi) is 3.59. The Morgan fingerprint density at radius 1 is 1.43 bits per heavy atom. The van der Waals surface area contributed by atoms with Crippen LogP contribution in [-0.2, 0) is 7.05 Å². The fourth-order valence-corrected chi connectivity index (χ4v) is 2.47. The summed E-state index contributed by atoms with van der Waals surface area (Å²) in [5, 5.41) is 13.6. The molecule has 0 amide bonds. The predicted octanol–water partition coefficient (Wildman–Crippen LogP) is 3.37. The topological polar surface area (TPSA) is 64.4 Å². The summed E-state index contributed by atoms with van der Waals surface area (Å²) < 4.78 is 7.50. The number of benzene rings is 1. The number of ether oxygens (including phenoxy) is 1. The molecule has 1 aromatic carbocycles. The van der Waals surface area contributed by atoms with Gasteiger partial charge in [-0.1, -0.05) is 11.6 Å². The van der Waals surface area contributed by atoms with Crippen molar-refractivity contribution in [2.45, 2.75) is 25.4 Å². The molecule has 0 saturated heterocycles. The van der Waals surface area contributed by atoms with Gasteiger partial charge < -0.3 is 9.84 Å². The van der Waals surface area contributed by atoms with Crippen molar-refractivity contribution in [3.8, 4) is 17.0 Å². The van der Waals surface area contributed by atoms with Gasteiger partial charge in [-0.2, -0.15) is 5.10 Å². The van der Waals surface area contributed by atoms with Crippen molar-refractivity contribution in [2.75, 3.05) is 0 Å². The Morgan fingerprint density at radius 3 is 2.76 bits per heavy atom. The van der Waals surface area contributed by atoms with Crippen LogP contribution in [0.2, 0.25) is 5.02 Å². The summed E-state index contributed by atoms with van der Waals surface area (Å²) in [6.45, 7) is 0. The zero-order chi connectivity index (χ0) is 15.0.